The Kier molecular flexibility index (Phi) is 6.35. The number of nitrogens with one attached hydrogen (secondary N) is 2. The van der Waals surface area contributed by atoms with Crippen LogP contribution in [0.25, 0.3) is 11.2 Å². The van der Waals surface area contributed by atoms with Gasteiger partial charge in [-0.1, -0.05) is 44.2 Å². The Morgan fingerprint density at radius 1 is 1.19 bits per heavy atom. The van der Waals surface area contributed by atoms with Crippen LogP contribution in [0.2, 0.25) is 0 Å². The minimum Gasteiger partial charge on any atom is -0.387 e. The maximum absolute atomic E-state index is 12.2. The summed E-state index contributed by atoms with van der Waals surface area (Å²) in [5.74, 6) is 0.731. The van der Waals surface area contributed by atoms with Gasteiger partial charge >= 0.3 is 0 Å². The average molecular weight is 441 g/mol. The van der Waals surface area contributed by atoms with Gasteiger partial charge < -0.3 is 25.6 Å². The fraction of sp³-hybridized carbons (Fsp3) is 0.455. The maximum Gasteiger partial charge on any atom is 0.252 e. The first kappa shape index (κ1) is 22.1. The molecule has 0 bridgehead atoms. The standard InChI is InChI=1S/C22H28N6O4/c1-4-23-21(31)17-15(29)16(30)22(32-17)28-11-25-14-19(24-10-13-8-6-5-7-9-13)26-18(12(2)3)27-20(14)28/h5-9,11-12,15-17,22,29-30H,4,10H2,1-3H3,(H,23,31)(H,24,26,27). The van der Waals surface area contributed by atoms with Gasteiger partial charge in [0.05, 0.1) is 6.33 Å². The van der Waals surface area contributed by atoms with Crippen LogP contribution in [0.5, 0.6) is 0 Å². The van der Waals surface area contributed by atoms with Crippen molar-refractivity contribution in [3.63, 3.8) is 0 Å². The van der Waals surface area contributed by atoms with Crippen molar-refractivity contribution in [3.8, 4) is 0 Å². The van der Waals surface area contributed by atoms with Crippen molar-refractivity contribution in [2.24, 2.45) is 0 Å². The molecule has 2 aromatic heterocycles. The molecule has 4 rings (SSSR count). The number of aromatic nitrogens is 4. The molecule has 1 amide bonds. The smallest absolute Gasteiger partial charge is 0.252 e. The highest BCUT2D eigenvalue weighted by Gasteiger charge is 2.47. The molecule has 3 aromatic rings. The maximum atomic E-state index is 12.2. The molecule has 4 atom stereocenters. The number of carbonyl (C=O) groups is 1. The lowest BCUT2D eigenvalue weighted by atomic mass is 10.1. The number of amides is 1. The number of hydrogen-bond donors (Lipinski definition) is 4. The number of hydrogen-bond acceptors (Lipinski definition) is 8. The number of ether oxygens (including phenoxy) is 1. The van der Waals surface area contributed by atoms with Crippen LogP contribution >= 0.6 is 0 Å². The first-order chi connectivity index (χ1) is 15.4. The molecule has 1 aliphatic heterocycles. The van der Waals surface area contributed by atoms with Crippen LogP contribution < -0.4 is 10.6 Å². The van der Waals surface area contributed by atoms with Crippen LogP contribution in [0.4, 0.5) is 5.82 Å². The van der Waals surface area contributed by atoms with Gasteiger partial charge in [0.1, 0.15) is 18.0 Å². The van der Waals surface area contributed by atoms with Crippen molar-refractivity contribution in [1.29, 1.82) is 0 Å². The van der Waals surface area contributed by atoms with Gasteiger partial charge in [-0.15, -0.1) is 0 Å². The fourth-order valence-corrected chi connectivity index (χ4v) is 3.66. The zero-order chi connectivity index (χ0) is 22.8. The number of imidazole rings is 1. The summed E-state index contributed by atoms with van der Waals surface area (Å²) in [4.78, 5) is 26.0. The Morgan fingerprint density at radius 2 is 1.94 bits per heavy atom. The zero-order valence-electron chi connectivity index (χ0n) is 18.3. The van der Waals surface area contributed by atoms with E-state index in [2.05, 4.69) is 25.6 Å². The Hall–Kier alpha value is -3.08. The van der Waals surface area contributed by atoms with E-state index in [-0.39, 0.29) is 5.92 Å². The molecule has 4 unspecified atom stereocenters. The predicted octanol–water partition coefficient (Wildman–Crippen LogP) is 1.32. The molecular formula is C22H28N6O4. The van der Waals surface area contributed by atoms with Crippen molar-refractivity contribution in [2.75, 3.05) is 11.9 Å². The summed E-state index contributed by atoms with van der Waals surface area (Å²) in [7, 11) is 0. The van der Waals surface area contributed by atoms with Gasteiger partial charge in [-0.25, -0.2) is 15.0 Å². The van der Waals surface area contributed by atoms with Gasteiger partial charge in [-0.3, -0.25) is 9.36 Å². The van der Waals surface area contributed by atoms with E-state index in [1.54, 1.807) is 11.5 Å². The van der Waals surface area contributed by atoms with Crippen LogP contribution in [0.3, 0.4) is 0 Å². The largest absolute Gasteiger partial charge is 0.387 e. The third-order valence-corrected chi connectivity index (χ3v) is 5.38. The molecule has 4 N–H and O–H groups in total. The number of aliphatic hydroxyl groups is 2. The Balaban J connectivity index is 1.69. The zero-order valence-corrected chi connectivity index (χ0v) is 18.3. The minimum atomic E-state index is -1.37. The number of likely N-dealkylation sites (N-methyl/N-ethyl adjacent to an activating group) is 1. The van der Waals surface area contributed by atoms with Gasteiger partial charge in [0.15, 0.2) is 29.3 Å². The normalized spacial score (nSPS) is 23.1. The number of fused-ring (bicyclic) bond motifs is 1. The van der Waals surface area contributed by atoms with Crippen molar-refractivity contribution in [2.45, 2.75) is 57.8 Å². The molecule has 1 aliphatic rings. The number of nitrogens with zero attached hydrogens (tertiary/aromatic N) is 4. The number of benzene rings is 1. The Bertz CT molecular complexity index is 1090. The van der Waals surface area contributed by atoms with Crippen molar-refractivity contribution in [1.82, 2.24) is 24.8 Å². The van der Waals surface area contributed by atoms with Gasteiger partial charge in [-0.2, -0.15) is 0 Å². The van der Waals surface area contributed by atoms with Crippen molar-refractivity contribution >= 4 is 22.9 Å². The third-order valence-electron chi connectivity index (χ3n) is 5.38. The topological polar surface area (TPSA) is 134 Å². The van der Waals surface area contributed by atoms with Crippen molar-refractivity contribution in [3.05, 3.63) is 48.0 Å². The van der Waals surface area contributed by atoms with Crippen molar-refractivity contribution < 1.29 is 19.7 Å². The molecule has 0 aliphatic carbocycles. The van der Waals surface area contributed by atoms with E-state index in [0.717, 1.165) is 5.56 Å². The van der Waals surface area contributed by atoms with Crippen LogP contribution in [0, 0.1) is 0 Å². The van der Waals surface area contributed by atoms with E-state index >= 15 is 0 Å². The van der Waals surface area contributed by atoms with E-state index in [1.165, 1.54) is 6.33 Å². The second kappa shape index (κ2) is 9.19. The summed E-state index contributed by atoms with van der Waals surface area (Å²) in [6.07, 6.45) is -3.41. The Morgan fingerprint density at radius 3 is 2.62 bits per heavy atom. The lowest BCUT2D eigenvalue weighted by Gasteiger charge is -2.17. The fourth-order valence-electron chi connectivity index (χ4n) is 3.66. The highest BCUT2D eigenvalue weighted by atomic mass is 16.6. The summed E-state index contributed by atoms with van der Waals surface area (Å²) in [5, 5.41) is 26.9. The molecule has 3 heterocycles. The molecular weight excluding hydrogens is 412 g/mol. The first-order valence-corrected chi connectivity index (χ1v) is 10.7. The summed E-state index contributed by atoms with van der Waals surface area (Å²) in [6, 6.07) is 9.92. The van der Waals surface area contributed by atoms with Gasteiger partial charge in [0.25, 0.3) is 5.91 Å². The van der Waals surface area contributed by atoms with Crippen LogP contribution in [-0.4, -0.2) is 60.5 Å². The van der Waals surface area contributed by atoms with Crippen LogP contribution in [-0.2, 0) is 16.1 Å². The Labute approximate surface area is 185 Å². The number of carbonyl (C=O) groups excluding carboxylic acids is 1. The number of aliphatic hydroxyl groups excluding tert-OH is 2. The number of anilines is 1. The molecule has 170 valence electrons. The molecule has 10 nitrogen and oxygen atoms in total. The van der Waals surface area contributed by atoms with Crippen LogP contribution in [0.15, 0.2) is 36.7 Å². The molecule has 1 aromatic carbocycles. The predicted molar refractivity (Wildman–Crippen MR) is 118 cm³/mol. The molecule has 0 saturated carbocycles. The quantitative estimate of drug-likeness (QED) is 0.432. The summed E-state index contributed by atoms with van der Waals surface area (Å²) < 4.78 is 7.30. The highest BCUT2D eigenvalue weighted by molar-refractivity contribution is 5.84. The van der Waals surface area contributed by atoms with Gasteiger partial charge in [-0.05, 0) is 12.5 Å². The SMILES string of the molecule is CCNC(=O)C1OC(n2cnc3c(NCc4ccccc4)nc(C(C)C)nc32)C(O)C1O. The van der Waals surface area contributed by atoms with E-state index in [1.807, 2.05) is 44.2 Å². The lowest BCUT2D eigenvalue weighted by molar-refractivity contribution is -0.137. The molecule has 0 radical (unpaired) electrons. The molecule has 10 heteroatoms. The first-order valence-electron chi connectivity index (χ1n) is 10.7. The minimum absolute atomic E-state index is 0.0446. The third kappa shape index (κ3) is 4.16. The van der Waals surface area contributed by atoms with E-state index in [4.69, 9.17) is 4.74 Å². The average Bonchev–Trinajstić information content (AvgIpc) is 3.34. The molecule has 1 saturated heterocycles. The second-order valence-electron chi connectivity index (χ2n) is 8.07. The van der Waals surface area contributed by atoms with E-state index < -0.39 is 30.4 Å². The molecule has 32 heavy (non-hydrogen) atoms. The second-order valence-corrected chi connectivity index (χ2v) is 8.07. The monoisotopic (exact) mass is 440 g/mol. The molecule has 0 spiro atoms. The van der Waals surface area contributed by atoms with Gasteiger partial charge in [0, 0.05) is 19.0 Å². The number of rotatable bonds is 7. The van der Waals surface area contributed by atoms with E-state index in [0.29, 0.717) is 35.9 Å². The van der Waals surface area contributed by atoms with Crippen LogP contribution in [0.1, 0.15) is 44.3 Å². The van der Waals surface area contributed by atoms with E-state index in [9.17, 15) is 15.0 Å². The summed E-state index contributed by atoms with van der Waals surface area (Å²) >= 11 is 0. The lowest BCUT2D eigenvalue weighted by Crippen LogP contribution is -2.42. The molecule has 1 fully saturated rings. The van der Waals surface area contributed by atoms with Gasteiger partial charge in [0.2, 0.25) is 0 Å². The summed E-state index contributed by atoms with van der Waals surface area (Å²) in [6.45, 7) is 6.68. The highest BCUT2D eigenvalue weighted by Crippen LogP contribution is 2.33. The summed E-state index contributed by atoms with van der Waals surface area (Å²) in [5.41, 5.74) is 2.05.